The Morgan fingerprint density at radius 1 is 1.25 bits per heavy atom. The highest BCUT2D eigenvalue weighted by Gasteiger charge is 2.20. The lowest BCUT2D eigenvalue weighted by atomic mass is 9.97. The second-order valence-electron chi connectivity index (χ2n) is 5.08. The second-order valence-corrected chi connectivity index (χ2v) is 5.08. The molecule has 0 bridgehead atoms. The molecule has 7 heteroatoms. The van der Waals surface area contributed by atoms with Crippen LogP contribution in [-0.2, 0) is 4.79 Å². The van der Waals surface area contributed by atoms with Crippen LogP contribution in [0.4, 0.5) is 4.79 Å². The summed E-state index contributed by atoms with van der Waals surface area (Å²) in [7, 11) is 1.97. The fourth-order valence-corrected chi connectivity index (χ4v) is 2.29. The summed E-state index contributed by atoms with van der Waals surface area (Å²) in [6.07, 6.45) is 3.08. The highest BCUT2D eigenvalue weighted by atomic mass is 35.5. The Labute approximate surface area is 127 Å². The van der Waals surface area contributed by atoms with Crippen LogP contribution in [-0.4, -0.2) is 56.6 Å². The number of amides is 3. The zero-order chi connectivity index (χ0) is 14.1. The van der Waals surface area contributed by atoms with Crippen LogP contribution < -0.4 is 16.0 Å². The fraction of sp³-hybridized carbons (Fsp3) is 0.846. The number of hydrogen-bond donors (Lipinski definition) is 3. The van der Waals surface area contributed by atoms with Crippen LogP contribution in [0.25, 0.3) is 0 Å². The van der Waals surface area contributed by atoms with Gasteiger partial charge in [0.15, 0.2) is 0 Å². The minimum absolute atomic E-state index is 0. The SMILES string of the molecule is CCCNC(=O)NC(=O)CN1CCC(CNC)CC1.Cl. The fourth-order valence-electron chi connectivity index (χ4n) is 2.29. The quantitative estimate of drug-likeness (QED) is 0.671. The van der Waals surface area contributed by atoms with E-state index >= 15 is 0 Å². The summed E-state index contributed by atoms with van der Waals surface area (Å²) < 4.78 is 0. The topological polar surface area (TPSA) is 73.5 Å². The van der Waals surface area contributed by atoms with E-state index in [4.69, 9.17) is 0 Å². The summed E-state index contributed by atoms with van der Waals surface area (Å²) in [4.78, 5) is 25.1. The Balaban J connectivity index is 0.00000361. The van der Waals surface area contributed by atoms with E-state index in [0.717, 1.165) is 38.9 Å². The summed E-state index contributed by atoms with van der Waals surface area (Å²) in [6.45, 7) is 5.77. The number of rotatable bonds is 6. The van der Waals surface area contributed by atoms with Crippen LogP contribution in [0.15, 0.2) is 0 Å². The van der Waals surface area contributed by atoms with Crippen molar-refractivity contribution >= 4 is 24.3 Å². The van der Waals surface area contributed by atoms with Crippen molar-refractivity contribution in [3.8, 4) is 0 Å². The van der Waals surface area contributed by atoms with Crippen LogP contribution in [0, 0.1) is 5.92 Å². The van der Waals surface area contributed by atoms with E-state index in [1.165, 1.54) is 0 Å². The lowest BCUT2D eigenvalue weighted by Crippen LogP contribution is -2.46. The molecule has 0 unspecified atom stereocenters. The van der Waals surface area contributed by atoms with Crippen molar-refractivity contribution in [1.82, 2.24) is 20.9 Å². The molecule has 0 spiro atoms. The third-order valence-corrected chi connectivity index (χ3v) is 3.36. The molecule has 1 fully saturated rings. The Kier molecular flexibility index (Phi) is 10.4. The smallest absolute Gasteiger partial charge is 0.321 e. The van der Waals surface area contributed by atoms with Gasteiger partial charge in [-0.2, -0.15) is 0 Å². The van der Waals surface area contributed by atoms with Gasteiger partial charge >= 0.3 is 6.03 Å². The van der Waals surface area contributed by atoms with Crippen molar-refractivity contribution in [3.63, 3.8) is 0 Å². The number of halogens is 1. The average Bonchev–Trinajstić information content (AvgIpc) is 2.39. The number of imide groups is 1. The molecule has 0 atom stereocenters. The predicted molar refractivity (Wildman–Crippen MR) is 82.2 cm³/mol. The molecule has 0 aromatic carbocycles. The van der Waals surface area contributed by atoms with Crippen molar-refractivity contribution in [3.05, 3.63) is 0 Å². The van der Waals surface area contributed by atoms with Gasteiger partial charge in [-0.15, -0.1) is 12.4 Å². The molecule has 20 heavy (non-hydrogen) atoms. The molecular weight excluding hydrogens is 280 g/mol. The summed E-state index contributed by atoms with van der Waals surface area (Å²) in [5.74, 6) is 0.484. The number of nitrogens with one attached hydrogen (secondary N) is 3. The Hall–Kier alpha value is -0.850. The molecular formula is C13H27ClN4O2. The van der Waals surface area contributed by atoms with E-state index in [1.54, 1.807) is 0 Å². The highest BCUT2D eigenvalue weighted by molar-refractivity contribution is 5.95. The third-order valence-electron chi connectivity index (χ3n) is 3.36. The van der Waals surface area contributed by atoms with E-state index in [-0.39, 0.29) is 18.3 Å². The second kappa shape index (κ2) is 10.9. The molecule has 1 aliphatic heterocycles. The predicted octanol–water partition coefficient (Wildman–Crippen LogP) is 0.575. The van der Waals surface area contributed by atoms with Crippen molar-refractivity contribution in [2.24, 2.45) is 5.92 Å². The molecule has 6 nitrogen and oxygen atoms in total. The number of hydrogen-bond acceptors (Lipinski definition) is 4. The van der Waals surface area contributed by atoms with Gasteiger partial charge in [-0.3, -0.25) is 15.0 Å². The van der Waals surface area contributed by atoms with Gasteiger partial charge in [-0.25, -0.2) is 4.79 Å². The number of carbonyl (C=O) groups is 2. The van der Waals surface area contributed by atoms with Crippen LogP contribution in [0.2, 0.25) is 0 Å². The first-order valence-electron chi connectivity index (χ1n) is 7.10. The number of carbonyl (C=O) groups excluding carboxylic acids is 2. The molecule has 1 aliphatic rings. The standard InChI is InChI=1S/C13H26N4O2.ClH/c1-3-6-15-13(19)16-12(18)10-17-7-4-11(5-8-17)9-14-2;/h11,14H,3-10H2,1-2H3,(H2,15,16,18,19);1H. The first kappa shape index (κ1) is 19.1. The van der Waals surface area contributed by atoms with Gasteiger partial charge in [0.25, 0.3) is 0 Å². The summed E-state index contributed by atoms with van der Waals surface area (Å²) in [5.41, 5.74) is 0. The van der Waals surface area contributed by atoms with Crippen LogP contribution in [0.1, 0.15) is 26.2 Å². The minimum Gasteiger partial charge on any atom is -0.338 e. The van der Waals surface area contributed by atoms with Gasteiger partial charge in [0.05, 0.1) is 6.54 Å². The molecule has 118 valence electrons. The Bertz CT molecular complexity index is 294. The van der Waals surface area contributed by atoms with E-state index in [0.29, 0.717) is 19.0 Å². The van der Waals surface area contributed by atoms with E-state index in [1.807, 2.05) is 14.0 Å². The van der Waals surface area contributed by atoms with Crippen molar-refractivity contribution in [2.75, 3.05) is 39.8 Å². The van der Waals surface area contributed by atoms with Crippen LogP contribution >= 0.6 is 12.4 Å². The third kappa shape index (κ3) is 7.67. The van der Waals surface area contributed by atoms with Gasteiger partial charge < -0.3 is 10.6 Å². The van der Waals surface area contributed by atoms with Gasteiger partial charge in [0, 0.05) is 6.54 Å². The number of urea groups is 1. The molecule has 1 saturated heterocycles. The van der Waals surface area contributed by atoms with Crippen LogP contribution in [0.3, 0.4) is 0 Å². The molecule has 0 saturated carbocycles. The number of likely N-dealkylation sites (tertiary alicyclic amines) is 1. The summed E-state index contributed by atoms with van der Waals surface area (Å²) in [6, 6.07) is -0.392. The van der Waals surface area contributed by atoms with E-state index in [9.17, 15) is 9.59 Å². The minimum atomic E-state index is -0.392. The van der Waals surface area contributed by atoms with Gasteiger partial charge in [0.1, 0.15) is 0 Å². The maximum atomic E-state index is 11.7. The highest BCUT2D eigenvalue weighted by Crippen LogP contribution is 2.15. The average molecular weight is 307 g/mol. The van der Waals surface area contributed by atoms with Crippen molar-refractivity contribution < 1.29 is 9.59 Å². The van der Waals surface area contributed by atoms with Gasteiger partial charge in [-0.1, -0.05) is 6.92 Å². The summed E-state index contributed by atoms with van der Waals surface area (Å²) in [5, 5.41) is 8.17. The Morgan fingerprint density at radius 2 is 1.90 bits per heavy atom. The Morgan fingerprint density at radius 3 is 2.45 bits per heavy atom. The number of piperidine rings is 1. The summed E-state index contributed by atoms with van der Waals surface area (Å²) >= 11 is 0. The lowest BCUT2D eigenvalue weighted by molar-refractivity contribution is -0.121. The molecule has 0 aliphatic carbocycles. The maximum Gasteiger partial charge on any atom is 0.321 e. The first-order valence-corrected chi connectivity index (χ1v) is 7.10. The maximum absolute atomic E-state index is 11.7. The molecule has 0 aromatic rings. The largest absolute Gasteiger partial charge is 0.338 e. The van der Waals surface area contributed by atoms with Gasteiger partial charge in [0.2, 0.25) is 5.91 Å². The molecule has 1 rings (SSSR count). The molecule has 0 radical (unpaired) electrons. The number of nitrogens with zero attached hydrogens (tertiary/aromatic N) is 1. The molecule has 3 N–H and O–H groups in total. The normalized spacial score (nSPS) is 16.3. The van der Waals surface area contributed by atoms with Gasteiger partial charge in [-0.05, 0) is 51.9 Å². The molecule has 3 amide bonds. The molecule has 1 heterocycles. The molecule has 0 aromatic heterocycles. The zero-order valence-corrected chi connectivity index (χ0v) is 13.2. The van der Waals surface area contributed by atoms with E-state index < -0.39 is 6.03 Å². The monoisotopic (exact) mass is 306 g/mol. The van der Waals surface area contributed by atoms with Crippen molar-refractivity contribution in [2.45, 2.75) is 26.2 Å². The zero-order valence-electron chi connectivity index (χ0n) is 12.4. The first-order chi connectivity index (χ1) is 9.15. The van der Waals surface area contributed by atoms with Crippen molar-refractivity contribution in [1.29, 1.82) is 0 Å². The van der Waals surface area contributed by atoms with E-state index in [2.05, 4.69) is 20.9 Å². The van der Waals surface area contributed by atoms with Crippen LogP contribution in [0.5, 0.6) is 0 Å². The lowest BCUT2D eigenvalue weighted by Gasteiger charge is -2.31.